The van der Waals surface area contributed by atoms with E-state index in [0.717, 1.165) is 30.9 Å². The van der Waals surface area contributed by atoms with Gasteiger partial charge in [-0.25, -0.2) is 0 Å². The van der Waals surface area contributed by atoms with E-state index in [1.807, 2.05) is 24.3 Å². The molecule has 0 bridgehead atoms. The Bertz CT molecular complexity index is 282. The van der Waals surface area contributed by atoms with Gasteiger partial charge in [-0.05, 0) is 6.07 Å². The Morgan fingerprint density at radius 3 is 2.92 bits per heavy atom. The van der Waals surface area contributed by atoms with Crippen LogP contribution in [0.25, 0.3) is 0 Å². The first-order valence-electron chi connectivity index (χ1n) is 4.54. The lowest BCUT2D eigenvalue weighted by Gasteiger charge is -2.24. The molecule has 1 heterocycles. The number of ether oxygens (including phenoxy) is 1. The highest BCUT2D eigenvalue weighted by molar-refractivity contribution is 5.47. The molecule has 1 aromatic carbocycles. The summed E-state index contributed by atoms with van der Waals surface area (Å²) in [7, 11) is 0. The van der Waals surface area contributed by atoms with Gasteiger partial charge in [-0.2, -0.15) is 0 Å². The summed E-state index contributed by atoms with van der Waals surface area (Å²) in [4.78, 5) is 0. The maximum absolute atomic E-state index is 5.84. The van der Waals surface area contributed by atoms with Gasteiger partial charge in [0.15, 0.2) is 0 Å². The molecule has 2 rings (SSSR count). The van der Waals surface area contributed by atoms with Crippen molar-refractivity contribution in [1.29, 1.82) is 0 Å². The molecule has 3 heteroatoms. The van der Waals surface area contributed by atoms with Crippen molar-refractivity contribution in [3.63, 3.8) is 0 Å². The Balaban J connectivity index is 2.18. The predicted octanol–water partition coefficient (Wildman–Crippen LogP) is 0.930. The van der Waals surface area contributed by atoms with Crippen LogP contribution in [-0.2, 0) is 4.74 Å². The van der Waals surface area contributed by atoms with Crippen LogP contribution in [0.3, 0.4) is 0 Å². The zero-order valence-corrected chi connectivity index (χ0v) is 7.49. The molecule has 3 nitrogen and oxygen atoms in total. The molecule has 0 aromatic heterocycles. The summed E-state index contributed by atoms with van der Waals surface area (Å²) in [6.07, 6.45) is 0.120. The average molecular weight is 178 g/mol. The molecule has 1 atom stereocenters. The van der Waals surface area contributed by atoms with Crippen molar-refractivity contribution in [1.82, 2.24) is 5.32 Å². The lowest BCUT2D eigenvalue weighted by atomic mass is 10.1. The van der Waals surface area contributed by atoms with E-state index in [9.17, 15) is 0 Å². The summed E-state index contributed by atoms with van der Waals surface area (Å²) >= 11 is 0. The van der Waals surface area contributed by atoms with Gasteiger partial charge >= 0.3 is 0 Å². The third-order valence-corrected chi connectivity index (χ3v) is 2.27. The number of benzene rings is 1. The van der Waals surface area contributed by atoms with Gasteiger partial charge in [-0.15, -0.1) is 0 Å². The van der Waals surface area contributed by atoms with Gasteiger partial charge in [0.2, 0.25) is 0 Å². The second-order valence-electron chi connectivity index (χ2n) is 3.19. The maximum atomic E-state index is 5.84. The van der Waals surface area contributed by atoms with Crippen LogP contribution in [0, 0.1) is 0 Å². The highest BCUT2D eigenvalue weighted by Gasteiger charge is 2.16. The Morgan fingerprint density at radius 1 is 1.38 bits per heavy atom. The van der Waals surface area contributed by atoms with E-state index in [4.69, 9.17) is 10.5 Å². The number of rotatable bonds is 1. The summed E-state index contributed by atoms with van der Waals surface area (Å²) in [6, 6.07) is 7.86. The third-order valence-electron chi connectivity index (χ3n) is 2.27. The first-order chi connectivity index (χ1) is 6.38. The van der Waals surface area contributed by atoms with Crippen LogP contribution < -0.4 is 11.1 Å². The lowest BCUT2D eigenvalue weighted by Crippen LogP contribution is -2.33. The molecule has 0 aliphatic carbocycles. The number of nitrogens with two attached hydrogens (primary N) is 1. The van der Waals surface area contributed by atoms with E-state index in [1.165, 1.54) is 0 Å². The molecule has 70 valence electrons. The average Bonchev–Trinajstić information content (AvgIpc) is 2.20. The first kappa shape index (κ1) is 8.53. The van der Waals surface area contributed by atoms with Crippen molar-refractivity contribution in [2.75, 3.05) is 25.4 Å². The summed E-state index contributed by atoms with van der Waals surface area (Å²) in [5.41, 5.74) is 7.75. The van der Waals surface area contributed by atoms with E-state index in [1.54, 1.807) is 0 Å². The van der Waals surface area contributed by atoms with Gasteiger partial charge in [0, 0.05) is 24.3 Å². The number of anilines is 1. The second-order valence-corrected chi connectivity index (χ2v) is 3.19. The summed E-state index contributed by atoms with van der Waals surface area (Å²) in [6.45, 7) is 2.55. The number of morpholine rings is 1. The molecule has 1 aromatic rings. The van der Waals surface area contributed by atoms with Crippen LogP contribution in [0.4, 0.5) is 5.69 Å². The minimum Gasteiger partial charge on any atom is -0.398 e. The second kappa shape index (κ2) is 3.77. The van der Waals surface area contributed by atoms with Gasteiger partial charge in [0.05, 0.1) is 12.7 Å². The maximum Gasteiger partial charge on any atom is 0.0969 e. The highest BCUT2D eigenvalue weighted by atomic mass is 16.5. The number of nitrogens with one attached hydrogen (secondary N) is 1. The monoisotopic (exact) mass is 178 g/mol. The van der Waals surface area contributed by atoms with Crippen LogP contribution in [0.5, 0.6) is 0 Å². The number of hydrogen-bond donors (Lipinski definition) is 2. The third kappa shape index (κ3) is 1.82. The molecule has 0 spiro atoms. The molecule has 0 amide bonds. The van der Waals surface area contributed by atoms with Crippen LogP contribution in [-0.4, -0.2) is 19.7 Å². The summed E-state index contributed by atoms with van der Waals surface area (Å²) < 4.78 is 5.60. The number of nitrogen functional groups attached to an aromatic ring is 1. The van der Waals surface area contributed by atoms with Crippen molar-refractivity contribution in [2.45, 2.75) is 6.10 Å². The topological polar surface area (TPSA) is 47.3 Å². The van der Waals surface area contributed by atoms with Crippen molar-refractivity contribution in [3.05, 3.63) is 29.8 Å². The van der Waals surface area contributed by atoms with Gasteiger partial charge in [-0.1, -0.05) is 18.2 Å². The molecular formula is C10H14N2O. The molecule has 1 aliphatic heterocycles. The van der Waals surface area contributed by atoms with Crippen LogP contribution in [0.2, 0.25) is 0 Å². The SMILES string of the molecule is Nc1ccccc1C1CNCCO1. The van der Waals surface area contributed by atoms with Gasteiger partial charge in [0.25, 0.3) is 0 Å². The van der Waals surface area contributed by atoms with Crippen molar-refractivity contribution in [3.8, 4) is 0 Å². The van der Waals surface area contributed by atoms with Crippen molar-refractivity contribution in [2.24, 2.45) is 0 Å². The minimum atomic E-state index is 0.120. The molecule has 0 radical (unpaired) electrons. The predicted molar refractivity (Wildman–Crippen MR) is 52.4 cm³/mol. The number of para-hydroxylation sites is 1. The van der Waals surface area contributed by atoms with E-state index < -0.39 is 0 Å². The van der Waals surface area contributed by atoms with Gasteiger partial charge < -0.3 is 15.8 Å². The first-order valence-corrected chi connectivity index (χ1v) is 4.54. The van der Waals surface area contributed by atoms with Crippen molar-refractivity contribution >= 4 is 5.69 Å². The largest absolute Gasteiger partial charge is 0.398 e. The van der Waals surface area contributed by atoms with Gasteiger partial charge in [-0.3, -0.25) is 0 Å². The van der Waals surface area contributed by atoms with Crippen LogP contribution in [0.1, 0.15) is 11.7 Å². The Morgan fingerprint density at radius 2 is 2.23 bits per heavy atom. The zero-order chi connectivity index (χ0) is 9.10. The molecule has 1 unspecified atom stereocenters. The quantitative estimate of drug-likeness (QED) is 0.629. The molecule has 3 N–H and O–H groups in total. The van der Waals surface area contributed by atoms with Crippen LogP contribution in [0.15, 0.2) is 24.3 Å². The molecular weight excluding hydrogens is 164 g/mol. The van der Waals surface area contributed by atoms with Gasteiger partial charge in [0.1, 0.15) is 0 Å². The normalized spacial score (nSPS) is 22.9. The Kier molecular flexibility index (Phi) is 2.47. The fourth-order valence-electron chi connectivity index (χ4n) is 1.57. The van der Waals surface area contributed by atoms with Crippen molar-refractivity contribution < 1.29 is 4.74 Å². The van der Waals surface area contributed by atoms with E-state index in [-0.39, 0.29) is 6.10 Å². The summed E-state index contributed by atoms with van der Waals surface area (Å²) in [5.74, 6) is 0. The fourth-order valence-corrected chi connectivity index (χ4v) is 1.57. The minimum absolute atomic E-state index is 0.120. The Labute approximate surface area is 77.9 Å². The molecule has 1 saturated heterocycles. The van der Waals surface area contributed by atoms with Crippen LogP contribution >= 0.6 is 0 Å². The van der Waals surface area contributed by atoms with E-state index in [2.05, 4.69) is 5.32 Å². The zero-order valence-electron chi connectivity index (χ0n) is 7.49. The van der Waals surface area contributed by atoms with E-state index >= 15 is 0 Å². The molecule has 1 aliphatic rings. The molecule has 0 saturated carbocycles. The summed E-state index contributed by atoms with van der Waals surface area (Å²) in [5, 5.41) is 3.28. The smallest absolute Gasteiger partial charge is 0.0969 e. The lowest BCUT2D eigenvalue weighted by molar-refractivity contribution is 0.0281. The fraction of sp³-hybridized carbons (Fsp3) is 0.400. The Hall–Kier alpha value is -1.06. The van der Waals surface area contributed by atoms with E-state index in [0.29, 0.717) is 0 Å². The molecule has 13 heavy (non-hydrogen) atoms. The molecule has 1 fully saturated rings. The highest BCUT2D eigenvalue weighted by Crippen LogP contribution is 2.23. The number of hydrogen-bond acceptors (Lipinski definition) is 3. The standard InChI is InChI=1S/C10H14N2O/c11-9-4-2-1-3-8(9)10-7-12-5-6-13-10/h1-4,10,12H,5-7,11H2.